The predicted molar refractivity (Wildman–Crippen MR) is 110 cm³/mol. The Bertz CT molecular complexity index is 818. The first-order valence-corrected chi connectivity index (χ1v) is 10.9. The minimum atomic E-state index is -0.309. The molecule has 2 fully saturated rings. The number of amides is 1. The van der Waals surface area contributed by atoms with E-state index in [1.165, 1.54) is 9.75 Å². The maximum absolute atomic E-state index is 12.7. The molecule has 1 aliphatic carbocycles. The molecule has 4 rings (SSSR count). The standard InChI is InChI=1S/C21H28N4O2S/c1-15-11-23-18(12-22-15)20(26)24-19-5-3-4-8-21(19)14-25(9-10-27-21)13-17-7-6-16(2)28-17/h6-7,11-12,19H,3-5,8-10,13-14H2,1-2H3,(H,24,26)/t19-,21+/m0/s1. The van der Waals surface area contributed by atoms with Crippen LogP contribution < -0.4 is 5.32 Å². The average Bonchev–Trinajstić information content (AvgIpc) is 3.09. The summed E-state index contributed by atoms with van der Waals surface area (Å²) in [6, 6.07) is 4.41. The molecule has 0 bridgehead atoms. The molecule has 1 aliphatic heterocycles. The number of morpholine rings is 1. The van der Waals surface area contributed by atoms with Gasteiger partial charge in [-0.25, -0.2) is 4.98 Å². The summed E-state index contributed by atoms with van der Waals surface area (Å²) in [4.78, 5) is 26.4. The number of aromatic nitrogens is 2. The summed E-state index contributed by atoms with van der Waals surface area (Å²) in [5, 5.41) is 3.21. The van der Waals surface area contributed by atoms with Crippen LogP contribution in [-0.4, -0.2) is 52.1 Å². The summed E-state index contributed by atoms with van der Waals surface area (Å²) in [5.41, 5.74) is 0.866. The second kappa shape index (κ2) is 8.27. The van der Waals surface area contributed by atoms with Crippen LogP contribution in [0.15, 0.2) is 24.5 Å². The molecule has 1 saturated carbocycles. The van der Waals surface area contributed by atoms with Crippen LogP contribution >= 0.6 is 11.3 Å². The molecule has 0 unspecified atom stereocenters. The number of thiophene rings is 1. The van der Waals surface area contributed by atoms with Crippen LogP contribution in [0.5, 0.6) is 0 Å². The molecular formula is C21H28N4O2S. The fourth-order valence-electron chi connectivity index (χ4n) is 4.32. The van der Waals surface area contributed by atoms with Gasteiger partial charge in [0.15, 0.2) is 0 Å². The Hall–Kier alpha value is -1.83. The first-order chi connectivity index (χ1) is 13.5. The number of nitrogens with zero attached hydrogens (tertiary/aromatic N) is 3. The van der Waals surface area contributed by atoms with E-state index in [0.29, 0.717) is 12.3 Å². The van der Waals surface area contributed by atoms with Crippen LogP contribution in [0.2, 0.25) is 0 Å². The molecule has 28 heavy (non-hydrogen) atoms. The Morgan fingerprint density at radius 1 is 1.32 bits per heavy atom. The van der Waals surface area contributed by atoms with Crippen molar-refractivity contribution in [2.24, 2.45) is 0 Å². The van der Waals surface area contributed by atoms with Gasteiger partial charge in [0.25, 0.3) is 5.91 Å². The average molecular weight is 401 g/mol. The summed E-state index contributed by atoms with van der Waals surface area (Å²) in [6.07, 6.45) is 7.36. The molecule has 2 aliphatic rings. The molecule has 6 nitrogen and oxygen atoms in total. The number of nitrogens with one attached hydrogen (secondary N) is 1. The Kier molecular flexibility index (Phi) is 5.75. The van der Waals surface area contributed by atoms with E-state index in [-0.39, 0.29) is 17.6 Å². The maximum atomic E-state index is 12.7. The molecular weight excluding hydrogens is 372 g/mol. The number of aryl methyl sites for hydroxylation is 2. The summed E-state index contributed by atoms with van der Waals surface area (Å²) < 4.78 is 6.36. The van der Waals surface area contributed by atoms with E-state index >= 15 is 0 Å². The third-order valence-corrected chi connectivity index (χ3v) is 6.75. The highest BCUT2D eigenvalue weighted by Gasteiger charge is 2.46. The topological polar surface area (TPSA) is 67.4 Å². The predicted octanol–water partition coefficient (Wildman–Crippen LogP) is 3.10. The van der Waals surface area contributed by atoms with Gasteiger partial charge in [-0.1, -0.05) is 12.8 Å². The Morgan fingerprint density at radius 2 is 2.21 bits per heavy atom. The maximum Gasteiger partial charge on any atom is 0.271 e. The monoisotopic (exact) mass is 400 g/mol. The SMILES string of the molecule is Cc1cnc(C(=O)N[C@H]2CCCC[C@@]23CN(Cc2ccc(C)s2)CCO3)cn1. The molecule has 150 valence electrons. The fourth-order valence-corrected chi connectivity index (χ4v) is 5.26. The number of ether oxygens (including phenoxy) is 1. The Labute approximate surface area is 170 Å². The molecule has 0 radical (unpaired) electrons. The van der Waals surface area contributed by atoms with Crippen LogP contribution in [0.3, 0.4) is 0 Å². The van der Waals surface area contributed by atoms with Crippen molar-refractivity contribution in [2.75, 3.05) is 19.7 Å². The van der Waals surface area contributed by atoms with Gasteiger partial charge in [-0.15, -0.1) is 11.3 Å². The minimum absolute atomic E-state index is 0.00437. The van der Waals surface area contributed by atoms with Crippen molar-refractivity contribution in [1.29, 1.82) is 0 Å². The van der Waals surface area contributed by atoms with E-state index in [4.69, 9.17) is 4.74 Å². The lowest BCUT2D eigenvalue weighted by atomic mass is 9.78. The van der Waals surface area contributed by atoms with Gasteiger partial charge in [0.2, 0.25) is 0 Å². The quantitative estimate of drug-likeness (QED) is 0.854. The highest BCUT2D eigenvalue weighted by molar-refractivity contribution is 7.11. The van der Waals surface area contributed by atoms with Gasteiger partial charge in [-0.05, 0) is 38.8 Å². The van der Waals surface area contributed by atoms with Crippen LogP contribution in [0, 0.1) is 13.8 Å². The van der Waals surface area contributed by atoms with Gasteiger partial charge in [0, 0.05) is 35.6 Å². The lowest BCUT2D eigenvalue weighted by molar-refractivity contribution is -0.143. The minimum Gasteiger partial charge on any atom is -0.370 e. The van der Waals surface area contributed by atoms with E-state index in [1.54, 1.807) is 12.4 Å². The van der Waals surface area contributed by atoms with Crippen LogP contribution in [0.4, 0.5) is 0 Å². The smallest absolute Gasteiger partial charge is 0.271 e. The van der Waals surface area contributed by atoms with Gasteiger partial charge in [-0.2, -0.15) is 0 Å². The zero-order valence-corrected chi connectivity index (χ0v) is 17.4. The third kappa shape index (κ3) is 4.26. The van der Waals surface area contributed by atoms with E-state index in [2.05, 4.69) is 39.2 Å². The summed E-state index contributed by atoms with van der Waals surface area (Å²) in [6.45, 7) is 7.46. The molecule has 1 amide bonds. The lowest BCUT2D eigenvalue weighted by Gasteiger charge is -2.49. The highest BCUT2D eigenvalue weighted by atomic mass is 32.1. The zero-order valence-electron chi connectivity index (χ0n) is 16.6. The van der Waals surface area contributed by atoms with Gasteiger partial charge in [0.05, 0.1) is 24.5 Å². The van der Waals surface area contributed by atoms with Crippen molar-refractivity contribution < 1.29 is 9.53 Å². The molecule has 2 aromatic heterocycles. The first-order valence-electron chi connectivity index (χ1n) is 10.1. The van der Waals surface area contributed by atoms with Crippen molar-refractivity contribution in [3.05, 3.63) is 45.7 Å². The normalized spacial score (nSPS) is 25.7. The second-order valence-electron chi connectivity index (χ2n) is 7.95. The van der Waals surface area contributed by atoms with Gasteiger partial charge < -0.3 is 10.1 Å². The molecule has 7 heteroatoms. The van der Waals surface area contributed by atoms with E-state index < -0.39 is 0 Å². The molecule has 2 aromatic rings. The van der Waals surface area contributed by atoms with Gasteiger partial charge >= 0.3 is 0 Å². The Morgan fingerprint density at radius 3 is 2.96 bits per heavy atom. The zero-order chi connectivity index (χ0) is 19.6. The summed E-state index contributed by atoms with van der Waals surface area (Å²) in [7, 11) is 0. The fraction of sp³-hybridized carbons (Fsp3) is 0.571. The summed E-state index contributed by atoms with van der Waals surface area (Å²) >= 11 is 1.86. The van der Waals surface area contributed by atoms with Crippen LogP contribution in [0.25, 0.3) is 0 Å². The van der Waals surface area contributed by atoms with E-state index in [9.17, 15) is 4.79 Å². The largest absolute Gasteiger partial charge is 0.370 e. The number of rotatable bonds is 4. The molecule has 1 spiro atoms. The van der Waals surface area contributed by atoms with Crippen molar-refractivity contribution in [3.8, 4) is 0 Å². The number of carbonyl (C=O) groups is 1. The third-order valence-electron chi connectivity index (χ3n) is 5.76. The van der Waals surface area contributed by atoms with Gasteiger partial charge in [0.1, 0.15) is 11.3 Å². The van der Waals surface area contributed by atoms with E-state index in [1.807, 2.05) is 18.3 Å². The van der Waals surface area contributed by atoms with Crippen molar-refractivity contribution in [3.63, 3.8) is 0 Å². The number of hydrogen-bond acceptors (Lipinski definition) is 6. The number of carbonyl (C=O) groups excluding carboxylic acids is 1. The van der Waals surface area contributed by atoms with Crippen LogP contribution in [0.1, 0.15) is 51.6 Å². The van der Waals surface area contributed by atoms with E-state index in [0.717, 1.165) is 51.0 Å². The molecule has 1 N–H and O–H groups in total. The lowest BCUT2D eigenvalue weighted by Crippen LogP contribution is -2.63. The van der Waals surface area contributed by atoms with Crippen molar-refractivity contribution >= 4 is 17.2 Å². The van der Waals surface area contributed by atoms with Crippen LogP contribution in [-0.2, 0) is 11.3 Å². The van der Waals surface area contributed by atoms with Crippen molar-refractivity contribution in [2.45, 2.75) is 57.7 Å². The number of hydrogen-bond donors (Lipinski definition) is 1. The molecule has 1 saturated heterocycles. The first kappa shape index (κ1) is 19.5. The summed E-state index contributed by atoms with van der Waals surface area (Å²) in [5.74, 6) is -0.159. The van der Waals surface area contributed by atoms with Crippen molar-refractivity contribution in [1.82, 2.24) is 20.2 Å². The second-order valence-corrected chi connectivity index (χ2v) is 9.32. The molecule has 0 aromatic carbocycles. The highest BCUT2D eigenvalue weighted by Crippen LogP contribution is 2.35. The molecule has 2 atom stereocenters. The Balaban J connectivity index is 1.47. The molecule has 3 heterocycles. The van der Waals surface area contributed by atoms with Gasteiger partial charge in [-0.3, -0.25) is 14.7 Å².